The smallest absolute Gasteiger partial charge is 0.195 e. The molecule has 0 heterocycles. The summed E-state index contributed by atoms with van der Waals surface area (Å²) in [6, 6.07) is 17.0. The van der Waals surface area contributed by atoms with Crippen LogP contribution >= 0.6 is 0 Å². The van der Waals surface area contributed by atoms with E-state index in [0.29, 0.717) is 16.7 Å². The second kappa shape index (κ2) is 5.26. The van der Waals surface area contributed by atoms with E-state index in [1.54, 1.807) is 48.5 Å². The van der Waals surface area contributed by atoms with Gasteiger partial charge in [-0.1, -0.05) is 42.5 Å². The highest BCUT2D eigenvalue weighted by atomic mass is 16.3. The Morgan fingerprint density at radius 2 is 1.83 bits per heavy atom. The highest BCUT2D eigenvalue weighted by Gasteiger charge is 2.18. The quantitative estimate of drug-likeness (QED) is 0.834. The lowest BCUT2D eigenvalue weighted by molar-refractivity contribution is 0.0747. The summed E-state index contributed by atoms with van der Waals surface area (Å²) in [6.07, 6.45) is -1.24. The van der Waals surface area contributed by atoms with Gasteiger partial charge in [0, 0.05) is 5.56 Å². The number of Topliss-reactive ketones (excluding diaryl/α,β-unsaturated/α-hetero) is 1. The van der Waals surface area contributed by atoms with Gasteiger partial charge in [-0.2, -0.15) is 5.26 Å². The maximum atomic E-state index is 12.0. The lowest BCUT2D eigenvalue weighted by atomic mass is 9.99. The van der Waals surface area contributed by atoms with Gasteiger partial charge in [-0.05, 0) is 17.7 Å². The van der Waals surface area contributed by atoms with Gasteiger partial charge in [-0.25, -0.2) is 0 Å². The number of ketones is 1. The molecule has 0 aliphatic rings. The van der Waals surface area contributed by atoms with Crippen LogP contribution < -0.4 is 0 Å². The van der Waals surface area contributed by atoms with E-state index in [1.165, 1.54) is 6.07 Å². The molecule has 88 valence electrons. The van der Waals surface area contributed by atoms with Crippen LogP contribution in [0.2, 0.25) is 0 Å². The van der Waals surface area contributed by atoms with Gasteiger partial charge in [0.25, 0.3) is 0 Å². The minimum Gasteiger partial charge on any atom is -0.380 e. The number of nitriles is 1. The second-order valence-electron chi connectivity index (χ2n) is 3.87. The molecule has 1 unspecified atom stereocenters. The number of nitrogens with zero attached hydrogens (tertiary/aromatic N) is 1. The van der Waals surface area contributed by atoms with Gasteiger partial charge < -0.3 is 5.11 Å². The summed E-state index contributed by atoms with van der Waals surface area (Å²) in [7, 11) is 0. The Labute approximate surface area is 105 Å². The molecule has 0 aromatic heterocycles. The molecule has 0 fully saturated rings. The largest absolute Gasteiger partial charge is 0.380 e. The first-order valence-corrected chi connectivity index (χ1v) is 5.50. The topological polar surface area (TPSA) is 61.1 Å². The molecule has 0 aliphatic carbocycles. The minimum atomic E-state index is -1.24. The minimum absolute atomic E-state index is 0.370. The van der Waals surface area contributed by atoms with E-state index in [4.69, 9.17) is 5.26 Å². The van der Waals surface area contributed by atoms with Crippen molar-refractivity contribution in [1.29, 1.82) is 5.26 Å². The number of aliphatic hydroxyl groups is 1. The highest BCUT2D eigenvalue weighted by Crippen LogP contribution is 2.19. The second-order valence-corrected chi connectivity index (χ2v) is 3.87. The van der Waals surface area contributed by atoms with Crippen LogP contribution in [0.3, 0.4) is 0 Å². The van der Waals surface area contributed by atoms with Gasteiger partial charge in [0.1, 0.15) is 6.10 Å². The van der Waals surface area contributed by atoms with Crippen molar-refractivity contribution in [2.45, 2.75) is 6.10 Å². The van der Waals surface area contributed by atoms with Crippen molar-refractivity contribution < 1.29 is 9.90 Å². The molecule has 0 amide bonds. The SMILES string of the molecule is N#Cc1cccc(C(O)C(=O)c2ccccc2)c1. The van der Waals surface area contributed by atoms with E-state index in [2.05, 4.69) is 0 Å². The van der Waals surface area contributed by atoms with Crippen molar-refractivity contribution in [2.24, 2.45) is 0 Å². The zero-order chi connectivity index (χ0) is 13.0. The molecule has 18 heavy (non-hydrogen) atoms. The van der Waals surface area contributed by atoms with Gasteiger partial charge in [-0.15, -0.1) is 0 Å². The summed E-state index contributed by atoms with van der Waals surface area (Å²) in [4.78, 5) is 12.0. The molecule has 0 saturated carbocycles. The molecule has 3 nitrogen and oxygen atoms in total. The van der Waals surface area contributed by atoms with Gasteiger partial charge in [0.2, 0.25) is 0 Å². The molecule has 2 aromatic rings. The Hall–Kier alpha value is -2.44. The summed E-state index contributed by atoms with van der Waals surface area (Å²) in [6.45, 7) is 0. The predicted octanol–water partition coefficient (Wildman–Crippen LogP) is 2.47. The van der Waals surface area contributed by atoms with Crippen molar-refractivity contribution in [1.82, 2.24) is 0 Å². The van der Waals surface area contributed by atoms with Crippen LogP contribution in [0.5, 0.6) is 0 Å². The standard InChI is InChI=1S/C15H11NO2/c16-10-11-5-4-8-13(9-11)15(18)14(17)12-6-2-1-3-7-12/h1-9,15,18H. The molecule has 0 aliphatic heterocycles. The Balaban J connectivity index is 2.29. The van der Waals surface area contributed by atoms with E-state index >= 15 is 0 Å². The molecule has 1 atom stereocenters. The fourth-order valence-electron chi connectivity index (χ4n) is 1.69. The summed E-state index contributed by atoms with van der Waals surface area (Å²) in [5.74, 6) is -0.370. The maximum Gasteiger partial charge on any atom is 0.195 e. The average Bonchev–Trinajstić information content (AvgIpc) is 2.46. The van der Waals surface area contributed by atoms with Crippen molar-refractivity contribution in [2.75, 3.05) is 0 Å². The lowest BCUT2D eigenvalue weighted by Crippen LogP contribution is -2.12. The van der Waals surface area contributed by atoms with E-state index in [9.17, 15) is 9.90 Å². The van der Waals surface area contributed by atoms with E-state index in [-0.39, 0.29) is 5.78 Å². The molecule has 3 heteroatoms. The average molecular weight is 237 g/mol. The number of hydrogen-bond acceptors (Lipinski definition) is 3. The summed E-state index contributed by atoms with van der Waals surface area (Å²) in [5.41, 5.74) is 1.31. The predicted molar refractivity (Wildman–Crippen MR) is 66.9 cm³/mol. The first kappa shape index (κ1) is 12.0. The highest BCUT2D eigenvalue weighted by molar-refractivity contribution is 5.99. The zero-order valence-corrected chi connectivity index (χ0v) is 9.58. The number of carbonyl (C=O) groups excluding carboxylic acids is 1. The van der Waals surface area contributed by atoms with Crippen LogP contribution in [-0.4, -0.2) is 10.9 Å². The van der Waals surface area contributed by atoms with E-state index in [1.807, 2.05) is 6.07 Å². The Kier molecular flexibility index (Phi) is 3.52. The van der Waals surface area contributed by atoms with Gasteiger partial charge in [0.05, 0.1) is 11.6 Å². The Morgan fingerprint density at radius 3 is 2.50 bits per heavy atom. The monoisotopic (exact) mass is 237 g/mol. The Bertz CT molecular complexity index is 599. The number of aliphatic hydroxyl groups excluding tert-OH is 1. The first-order chi connectivity index (χ1) is 8.72. The number of carbonyl (C=O) groups is 1. The molecule has 0 bridgehead atoms. The number of rotatable bonds is 3. The van der Waals surface area contributed by atoms with Crippen LogP contribution in [0.15, 0.2) is 54.6 Å². The summed E-state index contributed by atoms with van der Waals surface area (Å²) >= 11 is 0. The van der Waals surface area contributed by atoms with Gasteiger partial charge in [0.15, 0.2) is 5.78 Å². The molecular weight excluding hydrogens is 226 g/mol. The van der Waals surface area contributed by atoms with E-state index in [0.717, 1.165) is 0 Å². The van der Waals surface area contributed by atoms with Crippen LogP contribution in [0.4, 0.5) is 0 Å². The molecule has 2 aromatic carbocycles. The van der Waals surface area contributed by atoms with Crippen LogP contribution in [0.25, 0.3) is 0 Å². The normalized spacial score (nSPS) is 11.6. The van der Waals surface area contributed by atoms with Crippen molar-refractivity contribution >= 4 is 5.78 Å². The number of hydrogen-bond donors (Lipinski definition) is 1. The van der Waals surface area contributed by atoms with Crippen LogP contribution in [-0.2, 0) is 0 Å². The molecule has 0 radical (unpaired) electrons. The number of benzene rings is 2. The van der Waals surface area contributed by atoms with Crippen molar-refractivity contribution in [3.63, 3.8) is 0 Å². The van der Waals surface area contributed by atoms with Gasteiger partial charge in [-0.3, -0.25) is 4.79 Å². The van der Waals surface area contributed by atoms with Crippen molar-refractivity contribution in [3.8, 4) is 6.07 Å². The third-order valence-electron chi connectivity index (χ3n) is 2.64. The summed E-state index contributed by atoms with van der Waals surface area (Å²) in [5, 5.41) is 18.8. The molecular formula is C15H11NO2. The van der Waals surface area contributed by atoms with Crippen molar-refractivity contribution in [3.05, 3.63) is 71.3 Å². The maximum absolute atomic E-state index is 12.0. The van der Waals surface area contributed by atoms with E-state index < -0.39 is 6.10 Å². The fraction of sp³-hybridized carbons (Fsp3) is 0.0667. The van der Waals surface area contributed by atoms with Crippen LogP contribution in [0, 0.1) is 11.3 Å². The first-order valence-electron chi connectivity index (χ1n) is 5.50. The lowest BCUT2D eigenvalue weighted by Gasteiger charge is -2.10. The van der Waals surface area contributed by atoms with Crippen LogP contribution in [0.1, 0.15) is 27.6 Å². The third-order valence-corrected chi connectivity index (χ3v) is 2.64. The molecule has 1 N–H and O–H groups in total. The molecule has 0 saturated heterocycles. The fourth-order valence-corrected chi connectivity index (χ4v) is 1.69. The zero-order valence-electron chi connectivity index (χ0n) is 9.58. The molecule has 2 rings (SSSR count). The third kappa shape index (κ3) is 2.45. The van der Waals surface area contributed by atoms with Gasteiger partial charge >= 0.3 is 0 Å². The molecule has 0 spiro atoms. The summed E-state index contributed by atoms with van der Waals surface area (Å²) < 4.78 is 0. The Morgan fingerprint density at radius 1 is 1.11 bits per heavy atom.